The number of carbonyl (C=O) groups is 1. The number of benzene rings is 3. The predicted molar refractivity (Wildman–Crippen MR) is 165 cm³/mol. The number of aryl methyl sites for hydroxylation is 1. The summed E-state index contributed by atoms with van der Waals surface area (Å²) in [4.78, 5) is 11.4. The van der Waals surface area contributed by atoms with Crippen molar-refractivity contribution in [2.24, 2.45) is 11.8 Å². The van der Waals surface area contributed by atoms with E-state index in [1.165, 1.54) is 84.7 Å². The van der Waals surface area contributed by atoms with Crippen molar-refractivity contribution in [2.75, 3.05) is 0 Å². The molecule has 1 atom stereocenters. The second kappa shape index (κ2) is 15.1. The Bertz CT molecular complexity index is 1140. The van der Waals surface area contributed by atoms with Gasteiger partial charge in [0.05, 0.1) is 5.92 Å². The van der Waals surface area contributed by atoms with Crippen LogP contribution in [0.4, 0.5) is 0 Å². The molecule has 208 valence electrons. The van der Waals surface area contributed by atoms with Crippen molar-refractivity contribution in [3.63, 3.8) is 0 Å². The number of hydrogen-bond donors (Lipinski definition) is 1. The second-order valence-electron chi connectivity index (χ2n) is 11.8. The van der Waals surface area contributed by atoms with Crippen LogP contribution in [0.25, 0.3) is 22.3 Å². The molecule has 4 rings (SSSR count). The molecule has 1 unspecified atom stereocenters. The van der Waals surface area contributed by atoms with Gasteiger partial charge in [-0.1, -0.05) is 119 Å². The Balaban J connectivity index is 1.37. The number of aliphatic carboxylic acids is 1. The summed E-state index contributed by atoms with van der Waals surface area (Å²) in [6, 6.07) is 27.0. The third kappa shape index (κ3) is 8.31. The monoisotopic (exact) mass is 524 g/mol. The highest BCUT2D eigenvalue weighted by Crippen LogP contribution is 2.39. The summed E-state index contributed by atoms with van der Waals surface area (Å²) < 4.78 is 0. The summed E-state index contributed by atoms with van der Waals surface area (Å²) in [6.07, 6.45) is 15.3. The fraction of sp³-hybridized carbons (Fsp3) is 0.486. The molecule has 3 aromatic carbocycles. The Morgan fingerprint density at radius 3 is 1.92 bits per heavy atom. The number of rotatable bonds is 14. The molecule has 1 saturated carbocycles. The van der Waals surface area contributed by atoms with Gasteiger partial charge >= 0.3 is 5.97 Å². The van der Waals surface area contributed by atoms with E-state index in [-0.39, 0.29) is 5.92 Å². The number of unbranched alkanes of at least 4 members (excludes halogenated alkanes) is 2. The van der Waals surface area contributed by atoms with Crippen LogP contribution in [0.15, 0.2) is 72.8 Å². The van der Waals surface area contributed by atoms with Crippen LogP contribution in [0.1, 0.15) is 108 Å². The normalized spacial score (nSPS) is 18.1. The molecule has 39 heavy (non-hydrogen) atoms. The highest BCUT2D eigenvalue weighted by atomic mass is 16.4. The molecule has 0 heterocycles. The lowest BCUT2D eigenvalue weighted by molar-refractivity contribution is -0.142. The zero-order valence-electron chi connectivity index (χ0n) is 24.2. The fourth-order valence-corrected chi connectivity index (χ4v) is 6.53. The molecule has 0 aromatic heterocycles. The molecule has 1 fully saturated rings. The van der Waals surface area contributed by atoms with E-state index in [1.54, 1.807) is 0 Å². The highest BCUT2D eigenvalue weighted by Gasteiger charge is 2.22. The van der Waals surface area contributed by atoms with Crippen molar-refractivity contribution < 1.29 is 9.90 Å². The maximum Gasteiger partial charge on any atom is 0.306 e. The number of carboxylic acid groups (broad SMARTS) is 1. The van der Waals surface area contributed by atoms with Crippen LogP contribution in [-0.2, 0) is 11.2 Å². The summed E-state index contributed by atoms with van der Waals surface area (Å²) in [5, 5.41) is 9.41. The first-order valence-corrected chi connectivity index (χ1v) is 15.6. The third-order valence-electron chi connectivity index (χ3n) is 8.95. The Morgan fingerprint density at radius 2 is 1.36 bits per heavy atom. The first-order chi connectivity index (χ1) is 19.1. The molecule has 1 aliphatic rings. The predicted octanol–water partition coefficient (Wildman–Crippen LogP) is 10.7. The van der Waals surface area contributed by atoms with E-state index in [0.717, 1.165) is 43.9 Å². The molecule has 0 radical (unpaired) electrons. The van der Waals surface area contributed by atoms with E-state index >= 15 is 0 Å². The van der Waals surface area contributed by atoms with Crippen LogP contribution in [0.5, 0.6) is 0 Å². The van der Waals surface area contributed by atoms with Crippen molar-refractivity contribution in [2.45, 2.75) is 103 Å². The molecule has 1 aliphatic carbocycles. The average molecular weight is 525 g/mol. The summed E-state index contributed by atoms with van der Waals surface area (Å²) in [6.45, 7) is 4.36. The summed E-state index contributed by atoms with van der Waals surface area (Å²) in [5.74, 6) is 0.810. The van der Waals surface area contributed by atoms with E-state index in [9.17, 15) is 9.90 Å². The lowest BCUT2D eigenvalue weighted by atomic mass is 9.77. The summed E-state index contributed by atoms with van der Waals surface area (Å²) in [5.41, 5.74) is 7.84. The highest BCUT2D eigenvalue weighted by molar-refractivity contribution is 5.83. The Kier molecular flexibility index (Phi) is 11.2. The third-order valence-corrected chi connectivity index (χ3v) is 8.95. The van der Waals surface area contributed by atoms with Gasteiger partial charge in [0, 0.05) is 0 Å². The summed E-state index contributed by atoms with van der Waals surface area (Å²) in [7, 11) is 0. The van der Waals surface area contributed by atoms with Crippen LogP contribution < -0.4 is 0 Å². The molecule has 0 saturated heterocycles. The Morgan fingerprint density at radius 1 is 0.744 bits per heavy atom. The van der Waals surface area contributed by atoms with Crippen molar-refractivity contribution in [1.82, 2.24) is 0 Å². The second-order valence-corrected chi connectivity index (χ2v) is 11.8. The minimum atomic E-state index is -0.651. The molecular formula is C37H48O2. The van der Waals surface area contributed by atoms with Gasteiger partial charge in [-0.15, -0.1) is 0 Å². The molecule has 0 spiro atoms. The van der Waals surface area contributed by atoms with Crippen molar-refractivity contribution in [3.8, 4) is 22.3 Å². The van der Waals surface area contributed by atoms with Gasteiger partial charge in [-0.05, 0) is 96.6 Å². The smallest absolute Gasteiger partial charge is 0.306 e. The quantitative estimate of drug-likeness (QED) is 0.213. The van der Waals surface area contributed by atoms with Gasteiger partial charge in [-0.2, -0.15) is 0 Å². The van der Waals surface area contributed by atoms with E-state index in [0.29, 0.717) is 0 Å². The largest absolute Gasteiger partial charge is 0.481 e. The van der Waals surface area contributed by atoms with Gasteiger partial charge in [-0.3, -0.25) is 4.79 Å². The van der Waals surface area contributed by atoms with Crippen LogP contribution in [0.2, 0.25) is 0 Å². The Labute approximate surface area is 236 Å². The van der Waals surface area contributed by atoms with Crippen LogP contribution in [0.3, 0.4) is 0 Å². The topological polar surface area (TPSA) is 37.3 Å². The van der Waals surface area contributed by atoms with E-state index in [4.69, 9.17) is 0 Å². The van der Waals surface area contributed by atoms with E-state index in [1.807, 2.05) is 0 Å². The van der Waals surface area contributed by atoms with Gasteiger partial charge < -0.3 is 5.11 Å². The van der Waals surface area contributed by atoms with E-state index in [2.05, 4.69) is 86.6 Å². The molecule has 3 aromatic rings. The molecule has 0 amide bonds. The molecule has 2 heteroatoms. The van der Waals surface area contributed by atoms with Crippen molar-refractivity contribution >= 4 is 5.97 Å². The minimum Gasteiger partial charge on any atom is -0.481 e. The van der Waals surface area contributed by atoms with Crippen molar-refractivity contribution in [3.05, 3.63) is 83.9 Å². The minimum absolute atomic E-state index is 0.210. The Hall–Kier alpha value is -2.87. The maximum atomic E-state index is 11.4. The molecule has 1 N–H and O–H groups in total. The lowest BCUT2D eigenvalue weighted by Gasteiger charge is -2.29. The first-order valence-electron chi connectivity index (χ1n) is 15.6. The van der Waals surface area contributed by atoms with Crippen LogP contribution in [-0.4, -0.2) is 11.1 Å². The van der Waals surface area contributed by atoms with Gasteiger partial charge in [0.25, 0.3) is 0 Å². The SMILES string of the molecule is CCCCC[C@H]1CC[C@H](c2ccc(-c3ccccc3-c3ccc(CCCC(CCC)C(=O)O)cc3)cc2)CC1. The fourth-order valence-electron chi connectivity index (χ4n) is 6.53. The zero-order valence-corrected chi connectivity index (χ0v) is 24.2. The van der Waals surface area contributed by atoms with Crippen molar-refractivity contribution in [1.29, 1.82) is 0 Å². The van der Waals surface area contributed by atoms with Gasteiger partial charge in [0.1, 0.15) is 0 Å². The van der Waals surface area contributed by atoms with Crippen LogP contribution in [0, 0.1) is 11.8 Å². The molecule has 0 aliphatic heterocycles. The molecule has 0 bridgehead atoms. The van der Waals surface area contributed by atoms with Gasteiger partial charge in [0.2, 0.25) is 0 Å². The standard InChI is InChI=1S/C37H48O2/c1-3-5-6-11-28-16-20-30(21-17-28)31-24-26-33(27-25-31)36-15-8-7-14-35(36)32-22-18-29(19-23-32)12-9-13-34(10-4-2)37(38)39/h7-8,14-15,18-19,22-28,30,34H,3-6,9-13,16-17,20-21H2,1-2H3,(H,38,39)/t28-,30-,34?. The van der Waals surface area contributed by atoms with Crippen LogP contribution >= 0.6 is 0 Å². The molecule has 2 nitrogen and oxygen atoms in total. The van der Waals surface area contributed by atoms with Gasteiger partial charge in [-0.25, -0.2) is 0 Å². The number of hydrogen-bond acceptors (Lipinski definition) is 1. The van der Waals surface area contributed by atoms with Gasteiger partial charge in [0.15, 0.2) is 0 Å². The first kappa shape index (κ1) is 29.1. The number of carboxylic acids is 1. The van der Waals surface area contributed by atoms with E-state index < -0.39 is 5.97 Å². The zero-order chi connectivity index (χ0) is 27.5. The summed E-state index contributed by atoms with van der Waals surface area (Å²) >= 11 is 0. The average Bonchev–Trinajstić information content (AvgIpc) is 2.98. The maximum absolute atomic E-state index is 11.4. The molecular weight excluding hydrogens is 476 g/mol. The lowest BCUT2D eigenvalue weighted by Crippen LogP contribution is -2.13.